The van der Waals surface area contributed by atoms with Gasteiger partial charge in [0, 0.05) is 16.7 Å². The van der Waals surface area contributed by atoms with Gasteiger partial charge < -0.3 is 15.8 Å². The molecule has 1 heterocycles. The van der Waals surface area contributed by atoms with Crippen molar-refractivity contribution in [3.05, 3.63) is 28.2 Å². The smallest absolute Gasteiger partial charge is 0.253 e. The summed E-state index contributed by atoms with van der Waals surface area (Å²) < 4.78 is 6.61. The monoisotopic (exact) mass is 326 g/mol. The summed E-state index contributed by atoms with van der Waals surface area (Å²) in [5.41, 5.74) is 7.51. The van der Waals surface area contributed by atoms with E-state index in [1.54, 1.807) is 0 Å². The van der Waals surface area contributed by atoms with Crippen molar-refractivity contribution in [2.24, 2.45) is 5.73 Å². The molecule has 104 valence electrons. The van der Waals surface area contributed by atoms with E-state index >= 15 is 0 Å². The van der Waals surface area contributed by atoms with Gasteiger partial charge in [0.15, 0.2) is 0 Å². The number of hydrogen-bond acceptors (Lipinski definition) is 3. The quantitative estimate of drug-likeness (QED) is 0.893. The molecule has 1 amide bonds. The van der Waals surface area contributed by atoms with E-state index in [1.807, 2.05) is 18.2 Å². The standard InChI is InChI=1S/C14H19BrN2O2/c1-2-9-7-10(15)3-5-12(9)17-14(18)13-6-4-11(8-16)19-13/h3,5,7,11,13H,2,4,6,8,16H2,1H3,(H,17,18)/t11-,13+/m1/s1. The number of amides is 1. The average Bonchev–Trinajstić information content (AvgIpc) is 2.89. The molecule has 0 spiro atoms. The fourth-order valence-electron chi connectivity index (χ4n) is 2.26. The first kappa shape index (κ1) is 14.5. The van der Waals surface area contributed by atoms with Gasteiger partial charge in [0.05, 0.1) is 6.10 Å². The maximum absolute atomic E-state index is 12.1. The van der Waals surface area contributed by atoms with E-state index in [0.717, 1.165) is 35.0 Å². The van der Waals surface area contributed by atoms with Crippen LogP contribution in [-0.4, -0.2) is 24.7 Å². The van der Waals surface area contributed by atoms with Crippen molar-refractivity contribution in [1.82, 2.24) is 0 Å². The number of benzene rings is 1. The second-order valence-corrected chi connectivity index (χ2v) is 5.62. The lowest BCUT2D eigenvalue weighted by Crippen LogP contribution is -2.30. The summed E-state index contributed by atoms with van der Waals surface area (Å²) >= 11 is 3.44. The molecule has 1 fully saturated rings. The number of nitrogens with one attached hydrogen (secondary N) is 1. The Morgan fingerprint density at radius 3 is 2.95 bits per heavy atom. The lowest BCUT2D eigenvalue weighted by molar-refractivity contribution is -0.126. The molecule has 2 rings (SSSR count). The van der Waals surface area contributed by atoms with Crippen molar-refractivity contribution in [1.29, 1.82) is 0 Å². The van der Waals surface area contributed by atoms with Crippen molar-refractivity contribution in [2.75, 3.05) is 11.9 Å². The van der Waals surface area contributed by atoms with E-state index in [1.165, 1.54) is 0 Å². The second-order valence-electron chi connectivity index (χ2n) is 4.70. The van der Waals surface area contributed by atoms with Crippen LogP contribution in [-0.2, 0) is 16.0 Å². The molecular formula is C14H19BrN2O2. The van der Waals surface area contributed by atoms with E-state index in [0.29, 0.717) is 6.54 Å². The van der Waals surface area contributed by atoms with Crippen molar-refractivity contribution >= 4 is 27.5 Å². The number of carbonyl (C=O) groups is 1. The zero-order valence-electron chi connectivity index (χ0n) is 11.0. The third kappa shape index (κ3) is 3.55. The maximum Gasteiger partial charge on any atom is 0.253 e. The molecule has 0 aliphatic carbocycles. The molecule has 0 saturated carbocycles. The Labute approximate surface area is 121 Å². The summed E-state index contributed by atoms with van der Waals surface area (Å²) in [4.78, 5) is 12.1. The van der Waals surface area contributed by atoms with Gasteiger partial charge in [0.1, 0.15) is 6.10 Å². The lowest BCUT2D eigenvalue weighted by Gasteiger charge is -2.15. The van der Waals surface area contributed by atoms with E-state index in [9.17, 15) is 4.79 Å². The summed E-state index contributed by atoms with van der Waals surface area (Å²) in [6, 6.07) is 5.86. The number of anilines is 1. The summed E-state index contributed by atoms with van der Waals surface area (Å²) in [5, 5.41) is 2.95. The summed E-state index contributed by atoms with van der Waals surface area (Å²) in [7, 11) is 0. The molecule has 1 saturated heterocycles. The Hall–Kier alpha value is -0.910. The highest BCUT2D eigenvalue weighted by molar-refractivity contribution is 9.10. The fourth-order valence-corrected chi connectivity index (χ4v) is 2.67. The minimum Gasteiger partial charge on any atom is -0.364 e. The molecule has 3 N–H and O–H groups in total. The molecule has 1 aromatic carbocycles. The number of carbonyl (C=O) groups excluding carboxylic acids is 1. The number of ether oxygens (including phenoxy) is 1. The van der Waals surface area contributed by atoms with Crippen LogP contribution in [0.2, 0.25) is 0 Å². The predicted molar refractivity (Wildman–Crippen MR) is 79.1 cm³/mol. The first-order valence-corrected chi connectivity index (χ1v) is 7.38. The average molecular weight is 327 g/mol. The summed E-state index contributed by atoms with van der Waals surface area (Å²) in [6.07, 6.45) is 2.11. The van der Waals surface area contributed by atoms with Crippen LogP contribution in [0.25, 0.3) is 0 Å². The van der Waals surface area contributed by atoms with Crippen molar-refractivity contribution < 1.29 is 9.53 Å². The molecule has 4 nitrogen and oxygen atoms in total. The third-order valence-electron chi connectivity index (χ3n) is 3.37. The number of aryl methyl sites for hydroxylation is 1. The molecule has 1 aliphatic heterocycles. The Morgan fingerprint density at radius 2 is 2.32 bits per heavy atom. The van der Waals surface area contributed by atoms with Gasteiger partial charge in [-0.05, 0) is 43.0 Å². The van der Waals surface area contributed by atoms with E-state index in [2.05, 4.69) is 28.2 Å². The topological polar surface area (TPSA) is 64.4 Å². The zero-order valence-corrected chi connectivity index (χ0v) is 12.6. The normalized spacial score (nSPS) is 22.5. The van der Waals surface area contributed by atoms with Crippen LogP contribution in [0.4, 0.5) is 5.69 Å². The summed E-state index contributed by atoms with van der Waals surface area (Å²) in [5.74, 6) is -0.0760. The Kier molecular flexibility index (Phi) is 4.96. The molecule has 5 heteroatoms. The molecular weight excluding hydrogens is 308 g/mol. The highest BCUT2D eigenvalue weighted by atomic mass is 79.9. The molecule has 19 heavy (non-hydrogen) atoms. The van der Waals surface area contributed by atoms with Crippen LogP contribution < -0.4 is 11.1 Å². The highest BCUT2D eigenvalue weighted by Gasteiger charge is 2.30. The van der Waals surface area contributed by atoms with Gasteiger partial charge in [-0.1, -0.05) is 22.9 Å². The SMILES string of the molecule is CCc1cc(Br)ccc1NC(=O)[C@@H]1CC[C@H](CN)O1. The lowest BCUT2D eigenvalue weighted by atomic mass is 10.1. The largest absolute Gasteiger partial charge is 0.364 e. The molecule has 0 radical (unpaired) electrons. The first-order chi connectivity index (χ1) is 9.13. The zero-order chi connectivity index (χ0) is 13.8. The minimum absolute atomic E-state index is 0.0197. The van der Waals surface area contributed by atoms with Gasteiger partial charge >= 0.3 is 0 Å². The number of nitrogens with two attached hydrogens (primary N) is 1. The number of hydrogen-bond donors (Lipinski definition) is 2. The van der Waals surface area contributed by atoms with Gasteiger partial charge in [-0.15, -0.1) is 0 Å². The molecule has 0 aromatic heterocycles. The van der Waals surface area contributed by atoms with Gasteiger partial charge in [-0.25, -0.2) is 0 Å². The van der Waals surface area contributed by atoms with E-state index in [4.69, 9.17) is 10.5 Å². The van der Waals surface area contributed by atoms with Crippen LogP contribution in [0.3, 0.4) is 0 Å². The highest BCUT2D eigenvalue weighted by Crippen LogP contribution is 2.24. The molecule has 1 aliphatic rings. The fraction of sp³-hybridized carbons (Fsp3) is 0.500. The Bertz CT molecular complexity index is 465. The third-order valence-corrected chi connectivity index (χ3v) is 3.86. The van der Waals surface area contributed by atoms with Gasteiger partial charge in [0.25, 0.3) is 5.91 Å². The summed E-state index contributed by atoms with van der Waals surface area (Å²) in [6.45, 7) is 2.54. The molecule has 0 bridgehead atoms. The Morgan fingerprint density at radius 1 is 1.53 bits per heavy atom. The second kappa shape index (κ2) is 6.50. The van der Waals surface area contributed by atoms with Gasteiger partial charge in [0.2, 0.25) is 0 Å². The van der Waals surface area contributed by atoms with Crippen LogP contribution >= 0.6 is 15.9 Å². The minimum atomic E-state index is -0.373. The van der Waals surface area contributed by atoms with Crippen LogP contribution in [0.1, 0.15) is 25.3 Å². The van der Waals surface area contributed by atoms with Crippen LogP contribution in [0.15, 0.2) is 22.7 Å². The predicted octanol–water partition coefficient (Wildman–Crippen LogP) is 2.46. The van der Waals surface area contributed by atoms with Crippen molar-refractivity contribution in [3.8, 4) is 0 Å². The molecule has 2 atom stereocenters. The maximum atomic E-state index is 12.1. The van der Waals surface area contributed by atoms with Crippen molar-refractivity contribution in [2.45, 2.75) is 38.4 Å². The number of halogens is 1. The van der Waals surface area contributed by atoms with E-state index in [-0.39, 0.29) is 18.1 Å². The van der Waals surface area contributed by atoms with Crippen LogP contribution in [0, 0.1) is 0 Å². The molecule has 1 aromatic rings. The van der Waals surface area contributed by atoms with Gasteiger partial charge in [-0.3, -0.25) is 4.79 Å². The molecule has 0 unspecified atom stereocenters. The van der Waals surface area contributed by atoms with Crippen molar-refractivity contribution in [3.63, 3.8) is 0 Å². The van der Waals surface area contributed by atoms with Crippen LogP contribution in [0.5, 0.6) is 0 Å². The first-order valence-electron chi connectivity index (χ1n) is 6.58. The number of rotatable bonds is 4. The van der Waals surface area contributed by atoms with E-state index < -0.39 is 0 Å². The Balaban J connectivity index is 2.03. The van der Waals surface area contributed by atoms with Gasteiger partial charge in [-0.2, -0.15) is 0 Å².